The molecule has 27 heavy (non-hydrogen) atoms. The molecular formula is C21H19ClN4O. The van der Waals surface area contributed by atoms with Crippen LogP contribution in [-0.2, 0) is 0 Å². The fraction of sp³-hybridized carbons (Fsp3) is 0.190. The monoisotopic (exact) mass is 378 g/mol. The zero-order valence-corrected chi connectivity index (χ0v) is 15.5. The lowest BCUT2D eigenvalue weighted by Gasteiger charge is -2.15. The Labute approximate surface area is 163 Å². The molecule has 0 spiro atoms. The molecule has 1 N–H and O–H groups in total. The van der Waals surface area contributed by atoms with E-state index in [1.165, 1.54) is 12.8 Å². The van der Waals surface area contributed by atoms with Gasteiger partial charge >= 0.3 is 0 Å². The van der Waals surface area contributed by atoms with E-state index in [4.69, 9.17) is 11.6 Å². The van der Waals surface area contributed by atoms with Crippen LogP contribution in [-0.4, -0.2) is 29.2 Å². The van der Waals surface area contributed by atoms with E-state index >= 15 is 0 Å². The fourth-order valence-electron chi connectivity index (χ4n) is 3.15. The number of amides is 1. The molecule has 3 aromatic rings. The van der Waals surface area contributed by atoms with E-state index in [2.05, 4.69) is 20.4 Å². The zero-order valence-electron chi connectivity index (χ0n) is 14.7. The maximum absolute atomic E-state index is 12.5. The molecule has 0 bridgehead atoms. The Morgan fingerprint density at radius 2 is 1.74 bits per heavy atom. The second-order valence-corrected chi connectivity index (χ2v) is 6.95. The second kappa shape index (κ2) is 7.76. The largest absolute Gasteiger partial charge is 0.355 e. The molecule has 1 aliphatic heterocycles. The van der Waals surface area contributed by atoms with Crippen LogP contribution in [0.4, 0.5) is 11.5 Å². The van der Waals surface area contributed by atoms with Crippen molar-refractivity contribution in [1.82, 2.24) is 10.2 Å². The average Bonchev–Trinajstić information content (AvgIpc) is 3.25. The number of anilines is 2. The van der Waals surface area contributed by atoms with Crippen molar-refractivity contribution < 1.29 is 4.79 Å². The number of nitrogens with one attached hydrogen (secondary N) is 1. The van der Waals surface area contributed by atoms with Crippen LogP contribution >= 0.6 is 11.6 Å². The number of carbonyl (C=O) groups excluding carboxylic acids is 1. The molecule has 1 aromatic heterocycles. The third-order valence-corrected chi connectivity index (χ3v) is 4.86. The summed E-state index contributed by atoms with van der Waals surface area (Å²) in [5.74, 6) is 0.730. The topological polar surface area (TPSA) is 58.1 Å². The number of aromatic nitrogens is 2. The van der Waals surface area contributed by atoms with Crippen LogP contribution in [0, 0.1) is 0 Å². The molecule has 1 aliphatic rings. The Balaban J connectivity index is 1.51. The number of nitrogens with zero attached hydrogens (tertiary/aromatic N) is 3. The molecule has 0 saturated carbocycles. The third kappa shape index (κ3) is 4.09. The number of hydrogen-bond acceptors (Lipinski definition) is 4. The SMILES string of the molecule is O=C(Nc1ccc(Cl)cc1)c1cccc(-c2ccc(N3CCCC3)nn2)c1. The summed E-state index contributed by atoms with van der Waals surface area (Å²) < 4.78 is 0. The first-order valence-corrected chi connectivity index (χ1v) is 9.33. The van der Waals surface area contributed by atoms with Crippen molar-refractivity contribution in [2.45, 2.75) is 12.8 Å². The molecule has 0 atom stereocenters. The molecule has 1 saturated heterocycles. The Hall–Kier alpha value is -2.92. The number of halogens is 1. The summed E-state index contributed by atoms with van der Waals surface area (Å²) >= 11 is 5.88. The van der Waals surface area contributed by atoms with Gasteiger partial charge in [0, 0.05) is 34.9 Å². The van der Waals surface area contributed by atoms with Gasteiger partial charge in [-0.2, -0.15) is 0 Å². The molecule has 4 rings (SSSR count). The van der Waals surface area contributed by atoms with Gasteiger partial charge in [-0.1, -0.05) is 23.7 Å². The van der Waals surface area contributed by atoms with Crippen molar-refractivity contribution in [3.63, 3.8) is 0 Å². The minimum Gasteiger partial charge on any atom is -0.355 e. The van der Waals surface area contributed by atoms with Gasteiger partial charge in [-0.15, -0.1) is 10.2 Å². The summed E-state index contributed by atoms with van der Waals surface area (Å²) in [6, 6.07) is 18.4. The molecule has 2 aromatic carbocycles. The van der Waals surface area contributed by atoms with Crippen LogP contribution < -0.4 is 10.2 Å². The van der Waals surface area contributed by atoms with Crippen molar-refractivity contribution >= 4 is 29.0 Å². The molecular weight excluding hydrogens is 360 g/mol. The first kappa shape index (κ1) is 17.5. The van der Waals surface area contributed by atoms with E-state index < -0.39 is 0 Å². The molecule has 6 heteroatoms. The van der Waals surface area contributed by atoms with E-state index in [-0.39, 0.29) is 5.91 Å². The van der Waals surface area contributed by atoms with Crippen molar-refractivity contribution in [3.8, 4) is 11.3 Å². The predicted octanol–water partition coefficient (Wildman–Crippen LogP) is 4.65. The molecule has 1 fully saturated rings. The van der Waals surface area contributed by atoms with Gasteiger partial charge in [0.05, 0.1) is 5.69 Å². The maximum atomic E-state index is 12.5. The predicted molar refractivity (Wildman–Crippen MR) is 108 cm³/mol. The second-order valence-electron chi connectivity index (χ2n) is 6.51. The van der Waals surface area contributed by atoms with Crippen LogP contribution in [0.3, 0.4) is 0 Å². The highest BCUT2D eigenvalue weighted by Crippen LogP contribution is 2.22. The highest BCUT2D eigenvalue weighted by atomic mass is 35.5. The highest BCUT2D eigenvalue weighted by Gasteiger charge is 2.14. The lowest BCUT2D eigenvalue weighted by molar-refractivity contribution is 0.102. The third-order valence-electron chi connectivity index (χ3n) is 4.60. The van der Waals surface area contributed by atoms with Gasteiger partial charge in [0.15, 0.2) is 5.82 Å². The van der Waals surface area contributed by atoms with E-state index in [1.54, 1.807) is 30.3 Å². The van der Waals surface area contributed by atoms with Crippen LogP contribution in [0.5, 0.6) is 0 Å². The minimum absolute atomic E-state index is 0.180. The maximum Gasteiger partial charge on any atom is 0.255 e. The van der Waals surface area contributed by atoms with Crippen molar-refractivity contribution in [2.75, 3.05) is 23.3 Å². The summed E-state index contributed by atoms with van der Waals surface area (Å²) in [4.78, 5) is 14.8. The lowest BCUT2D eigenvalue weighted by Crippen LogP contribution is -2.19. The van der Waals surface area contributed by atoms with Crippen molar-refractivity contribution in [2.24, 2.45) is 0 Å². The highest BCUT2D eigenvalue weighted by molar-refractivity contribution is 6.30. The Morgan fingerprint density at radius 1 is 0.963 bits per heavy atom. The molecule has 0 unspecified atom stereocenters. The summed E-state index contributed by atoms with van der Waals surface area (Å²) in [6.07, 6.45) is 2.41. The summed E-state index contributed by atoms with van der Waals surface area (Å²) in [5, 5.41) is 12.2. The smallest absolute Gasteiger partial charge is 0.255 e. The van der Waals surface area contributed by atoms with Crippen molar-refractivity contribution in [1.29, 1.82) is 0 Å². The summed E-state index contributed by atoms with van der Waals surface area (Å²) in [5.41, 5.74) is 2.87. The number of rotatable bonds is 4. The van der Waals surface area contributed by atoms with Gasteiger partial charge in [-0.05, 0) is 61.4 Å². The summed E-state index contributed by atoms with van der Waals surface area (Å²) in [7, 11) is 0. The number of hydrogen-bond donors (Lipinski definition) is 1. The molecule has 136 valence electrons. The summed E-state index contributed by atoms with van der Waals surface area (Å²) in [6.45, 7) is 2.07. The molecule has 0 radical (unpaired) electrons. The fourth-order valence-corrected chi connectivity index (χ4v) is 3.28. The quantitative estimate of drug-likeness (QED) is 0.718. The molecule has 0 aliphatic carbocycles. The normalized spacial score (nSPS) is 13.6. The van der Waals surface area contributed by atoms with E-state index in [9.17, 15) is 4.79 Å². The molecule has 5 nitrogen and oxygen atoms in total. The van der Waals surface area contributed by atoms with E-state index in [0.29, 0.717) is 16.3 Å². The average molecular weight is 379 g/mol. The van der Waals surface area contributed by atoms with Crippen LogP contribution in [0.2, 0.25) is 5.02 Å². The van der Waals surface area contributed by atoms with Gasteiger partial charge < -0.3 is 10.2 Å². The number of carbonyl (C=O) groups is 1. The Bertz CT molecular complexity index is 935. The first-order valence-electron chi connectivity index (χ1n) is 8.95. The van der Waals surface area contributed by atoms with Crippen LogP contribution in [0.1, 0.15) is 23.2 Å². The minimum atomic E-state index is -0.180. The zero-order chi connectivity index (χ0) is 18.6. The van der Waals surface area contributed by atoms with Crippen molar-refractivity contribution in [3.05, 3.63) is 71.2 Å². The first-order chi connectivity index (χ1) is 13.2. The molecule has 1 amide bonds. The van der Waals surface area contributed by atoms with Gasteiger partial charge in [0.1, 0.15) is 0 Å². The Morgan fingerprint density at radius 3 is 2.44 bits per heavy atom. The molecule has 2 heterocycles. The van der Waals surface area contributed by atoms with E-state index in [1.807, 2.05) is 30.3 Å². The van der Waals surface area contributed by atoms with Gasteiger partial charge in [-0.3, -0.25) is 4.79 Å². The van der Waals surface area contributed by atoms with Gasteiger partial charge in [-0.25, -0.2) is 0 Å². The van der Waals surface area contributed by atoms with Gasteiger partial charge in [0.2, 0.25) is 0 Å². The van der Waals surface area contributed by atoms with Crippen LogP contribution in [0.15, 0.2) is 60.7 Å². The van der Waals surface area contributed by atoms with Gasteiger partial charge in [0.25, 0.3) is 5.91 Å². The van der Waals surface area contributed by atoms with E-state index in [0.717, 1.165) is 30.2 Å². The number of benzene rings is 2. The lowest BCUT2D eigenvalue weighted by atomic mass is 10.1. The van der Waals surface area contributed by atoms with Crippen LogP contribution in [0.25, 0.3) is 11.3 Å². The standard InChI is InChI=1S/C21H19ClN4O/c22-17-6-8-18(9-7-17)23-21(27)16-5-3-4-15(14-16)19-10-11-20(25-24-19)26-12-1-2-13-26/h3-11,14H,1-2,12-13H2,(H,23,27). The Kier molecular flexibility index (Phi) is 5.03.